The Balaban J connectivity index is 0.710. The standard InChI is InChI=1S/C92H60N2O/c1-4-22-61(23-5-1)63-42-49-70(50-43-63)93(69-28-8-3-9-29-69)73-55-56-76-74-30-10-13-33-79(74)91(86(76)60-73)80-34-14-11-31-75(80)78-59-68(48-57-82(78)91)67-27-20-26-66(58-67)65-46-53-72(54-47-65)94(71-51-44-64(45-52-71)62-24-6-2-7-25-62)87-39-21-38-85-90(87)77-32-12-15-35-81(77)92(85)83-36-16-18-40-88(83)95-89-41-19-17-37-84(89)92/h1-60H. The first-order chi connectivity index (χ1) is 47.1. The van der Waals surface area contributed by atoms with E-state index in [-0.39, 0.29) is 0 Å². The van der Waals surface area contributed by atoms with Gasteiger partial charge in [0.2, 0.25) is 0 Å². The van der Waals surface area contributed by atoms with Crippen LogP contribution in [0.2, 0.25) is 0 Å². The van der Waals surface area contributed by atoms with Crippen molar-refractivity contribution in [2.24, 2.45) is 0 Å². The topological polar surface area (TPSA) is 15.7 Å². The maximum Gasteiger partial charge on any atom is 0.132 e. The molecule has 1 heterocycles. The fraction of sp³-hybridized carbons (Fsp3) is 0.0217. The second-order valence-corrected chi connectivity index (χ2v) is 25.4. The zero-order chi connectivity index (χ0) is 62.6. The zero-order valence-corrected chi connectivity index (χ0v) is 51.9. The minimum atomic E-state index is -0.602. The normalized spacial score (nSPS) is 14.3. The maximum absolute atomic E-state index is 6.74. The zero-order valence-electron chi connectivity index (χ0n) is 51.9. The van der Waals surface area contributed by atoms with E-state index in [4.69, 9.17) is 4.74 Å². The molecule has 1 unspecified atom stereocenters. The lowest BCUT2D eigenvalue weighted by Crippen LogP contribution is -2.32. The lowest BCUT2D eigenvalue weighted by atomic mass is 9.66. The number of rotatable bonds is 10. The SMILES string of the molecule is c1ccc(-c2ccc(N(c3ccccc3)c3ccc4c(c3)C3(c5ccccc5-c5cc(-c6cccc(-c7ccc(N(c8ccc(-c9ccccc9)cc8)c8cccc9c8-c8ccccc8C98c9ccccc9Oc9ccccc98)cc7)c6)ccc53)c3ccccc3-4)cc2)cc1. The molecule has 444 valence electrons. The van der Waals surface area contributed by atoms with E-state index < -0.39 is 10.8 Å². The summed E-state index contributed by atoms with van der Waals surface area (Å²) >= 11 is 0. The molecule has 1 aliphatic heterocycles. The van der Waals surface area contributed by atoms with E-state index in [1.165, 1.54) is 100 Å². The Hall–Kier alpha value is -12.3. The summed E-state index contributed by atoms with van der Waals surface area (Å²) in [7, 11) is 0. The lowest BCUT2D eigenvalue weighted by molar-refractivity contribution is 0.436. The van der Waals surface area contributed by atoms with Gasteiger partial charge in [0.15, 0.2) is 0 Å². The van der Waals surface area contributed by atoms with E-state index in [2.05, 4.69) is 374 Å². The Bertz CT molecular complexity index is 5460. The van der Waals surface area contributed by atoms with Gasteiger partial charge in [-0.25, -0.2) is 0 Å². The van der Waals surface area contributed by atoms with Crippen molar-refractivity contribution in [2.75, 3.05) is 9.80 Å². The number of fused-ring (bicyclic) bond motifs is 19. The van der Waals surface area contributed by atoms with Crippen molar-refractivity contribution >= 4 is 34.1 Å². The average Bonchev–Trinajstić information content (AvgIpc) is 1.53. The fourth-order valence-corrected chi connectivity index (χ4v) is 16.5. The lowest BCUT2D eigenvalue weighted by Gasteiger charge is -2.39. The molecule has 0 saturated heterocycles. The summed E-state index contributed by atoms with van der Waals surface area (Å²) in [6.45, 7) is 0. The minimum Gasteiger partial charge on any atom is -0.457 e. The van der Waals surface area contributed by atoms with Crippen molar-refractivity contribution < 1.29 is 4.74 Å². The molecule has 1 atom stereocenters. The van der Waals surface area contributed by atoms with Crippen LogP contribution in [0.4, 0.5) is 34.1 Å². The quantitative estimate of drug-likeness (QED) is 0.136. The molecule has 3 nitrogen and oxygen atoms in total. The highest BCUT2D eigenvalue weighted by Crippen LogP contribution is 2.66. The number of nitrogens with zero attached hydrogens (tertiary/aromatic N) is 2. The molecule has 4 aliphatic rings. The molecule has 0 fully saturated rings. The number of hydrogen-bond donors (Lipinski definition) is 0. The van der Waals surface area contributed by atoms with Gasteiger partial charge >= 0.3 is 0 Å². The number of hydrogen-bond acceptors (Lipinski definition) is 3. The Kier molecular flexibility index (Phi) is 12.4. The van der Waals surface area contributed by atoms with Crippen LogP contribution in [0, 0.1) is 0 Å². The third kappa shape index (κ3) is 8.26. The van der Waals surface area contributed by atoms with Gasteiger partial charge in [0.25, 0.3) is 0 Å². The Morgan fingerprint density at radius 3 is 1.14 bits per heavy atom. The van der Waals surface area contributed by atoms with Crippen molar-refractivity contribution in [1.29, 1.82) is 0 Å². The molecule has 0 saturated carbocycles. The summed E-state index contributed by atoms with van der Waals surface area (Å²) in [6.07, 6.45) is 0. The van der Waals surface area contributed by atoms with Crippen LogP contribution in [-0.4, -0.2) is 0 Å². The monoisotopic (exact) mass is 1210 g/mol. The van der Waals surface area contributed by atoms with E-state index in [0.717, 1.165) is 67.9 Å². The summed E-state index contributed by atoms with van der Waals surface area (Å²) in [5.74, 6) is 1.76. The largest absolute Gasteiger partial charge is 0.457 e. The van der Waals surface area contributed by atoms with Gasteiger partial charge in [0.05, 0.1) is 16.5 Å². The van der Waals surface area contributed by atoms with Gasteiger partial charge in [-0.2, -0.15) is 0 Å². The van der Waals surface area contributed by atoms with E-state index >= 15 is 0 Å². The van der Waals surface area contributed by atoms with Gasteiger partial charge in [0, 0.05) is 45.1 Å². The van der Waals surface area contributed by atoms with Crippen LogP contribution in [0.3, 0.4) is 0 Å². The van der Waals surface area contributed by atoms with Crippen LogP contribution in [-0.2, 0) is 10.8 Å². The third-order valence-electron chi connectivity index (χ3n) is 20.6. The number of anilines is 6. The van der Waals surface area contributed by atoms with E-state index in [9.17, 15) is 0 Å². The van der Waals surface area contributed by atoms with E-state index in [0.29, 0.717) is 0 Å². The summed E-state index contributed by atoms with van der Waals surface area (Å²) in [4.78, 5) is 4.87. The van der Waals surface area contributed by atoms with Crippen LogP contribution in [0.15, 0.2) is 364 Å². The van der Waals surface area contributed by atoms with Crippen molar-refractivity contribution in [1.82, 2.24) is 0 Å². The number of para-hydroxylation sites is 3. The van der Waals surface area contributed by atoms with Gasteiger partial charge in [-0.15, -0.1) is 0 Å². The summed E-state index contributed by atoms with van der Waals surface area (Å²) < 4.78 is 6.74. The highest BCUT2D eigenvalue weighted by molar-refractivity contribution is 6.00. The molecule has 95 heavy (non-hydrogen) atoms. The van der Waals surface area contributed by atoms with E-state index in [1.54, 1.807) is 0 Å². The fourth-order valence-electron chi connectivity index (χ4n) is 16.5. The Morgan fingerprint density at radius 1 is 0.189 bits per heavy atom. The molecule has 2 spiro atoms. The van der Waals surface area contributed by atoms with Crippen LogP contribution in [0.25, 0.3) is 77.9 Å². The van der Waals surface area contributed by atoms with Crippen LogP contribution < -0.4 is 14.5 Å². The average molecular weight is 1210 g/mol. The molecule has 15 aromatic rings. The molecule has 3 aliphatic carbocycles. The van der Waals surface area contributed by atoms with Crippen molar-refractivity contribution in [3.63, 3.8) is 0 Å². The predicted molar refractivity (Wildman–Crippen MR) is 391 cm³/mol. The first kappa shape index (κ1) is 54.4. The van der Waals surface area contributed by atoms with Gasteiger partial charge in [-0.05, 0) is 197 Å². The van der Waals surface area contributed by atoms with Crippen molar-refractivity contribution in [2.45, 2.75) is 10.8 Å². The number of benzene rings is 15. The summed E-state index contributed by atoms with van der Waals surface area (Å²) in [5, 5.41) is 0. The first-order valence-corrected chi connectivity index (χ1v) is 32.9. The highest BCUT2D eigenvalue weighted by Gasteiger charge is 2.53. The molecule has 0 bridgehead atoms. The first-order valence-electron chi connectivity index (χ1n) is 32.9. The third-order valence-corrected chi connectivity index (χ3v) is 20.6. The Morgan fingerprint density at radius 2 is 0.547 bits per heavy atom. The van der Waals surface area contributed by atoms with Crippen molar-refractivity contribution in [3.8, 4) is 89.4 Å². The maximum atomic E-state index is 6.74. The molecule has 15 aromatic carbocycles. The molecule has 19 rings (SSSR count). The van der Waals surface area contributed by atoms with E-state index in [1.807, 2.05) is 0 Å². The summed E-state index contributed by atoms with van der Waals surface area (Å²) in [5.41, 5.74) is 32.4. The molecular formula is C92H60N2O. The molecule has 0 amide bonds. The van der Waals surface area contributed by atoms with Gasteiger partial charge in [0.1, 0.15) is 11.5 Å². The number of ether oxygens (including phenoxy) is 1. The molecule has 0 N–H and O–H groups in total. The van der Waals surface area contributed by atoms with Crippen molar-refractivity contribution in [3.05, 3.63) is 408 Å². The van der Waals surface area contributed by atoms with Gasteiger partial charge < -0.3 is 14.5 Å². The van der Waals surface area contributed by atoms with Crippen LogP contribution >= 0.6 is 0 Å². The molecule has 3 heteroatoms. The molecule has 0 aromatic heterocycles. The molecule has 0 radical (unpaired) electrons. The smallest absolute Gasteiger partial charge is 0.132 e. The second kappa shape index (κ2) is 21.7. The second-order valence-electron chi connectivity index (χ2n) is 25.4. The summed E-state index contributed by atoms with van der Waals surface area (Å²) in [6, 6.07) is 134. The van der Waals surface area contributed by atoms with Crippen LogP contribution in [0.5, 0.6) is 11.5 Å². The van der Waals surface area contributed by atoms with Gasteiger partial charge in [-0.1, -0.05) is 273 Å². The minimum absolute atomic E-state index is 0.542. The molecular weight excluding hydrogens is 1150 g/mol. The highest BCUT2D eigenvalue weighted by atomic mass is 16.5. The van der Waals surface area contributed by atoms with Gasteiger partial charge in [-0.3, -0.25) is 0 Å². The van der Waals surface area contributed by atoms with Crippen LogP contribution in [0.1, 0.15) is 44.5 Å². The Labute approximate surface area is 554 Å². The predicted octanol–water partition coefficient (Wildman–Crippen LogP) is 24.1.